The highest BCUT2D eigenvalue weighted by Gasteiger charge is 2.32. The maximum atomic E-state index is 13.0. The van der Waals surface area contributed by atoms with Gasteiger partial charge in [0.2, 0.25) is 5.78 Å². The number of halogens is 1. The van der Waals surface area contributed by atoms with Crippen LogP contribution in [0.4, 0.5) is 0 Å². The molecule has 1 aromatic heterocycles. The number of pyridine rings is 1. The van der Waals surface area contributed by atoms with Crippen molar-refractivity contribution in [1.82, 2.24) is 5.32 Å². The van der Waals surface area contributed by atoms with Gasteiger partial charge in [-0.25, -0.2) is 0 Å². The molecule has 2 aromatic rings. The zero-order valence-electron chi connectivity index (χ0n) is 12.8. The molecule has 0 aliphatic rings. The van der Waals surface area contributed by atoms with Crippen LogP contribution >= 0.6 is 28.1 Å². The van der Waals surface area contributed by atoms with Gasteiger partial charge in [-0.05, 0) is 25.1 Å². The molecule has 0 fully saturated rings. The fourth-order valence-electron chi connectivity index (χ4n) is 2.21. The summed E-state index contributed by atoms with van der Waals surface area (Å²) in [4.78, 5) is 13.5. The molecule has 3 nitrogen and oxygen atoms in total. The molecule has 0 radical (unpaired) electrons. The standard InChI is InChI=1S/C18H17BrN2OS/c1-3-10-20-18(23)16(21-11-4-5-13(2)12-21)17(22)14-6-8-15(19)9-7-14/h3-9,11-12,16H,1,10H2,2H3/p+1/t16-/m0/s1. The van der Waals surface area contributed by atoms with Crippen LogP contribution in [0, 0.1) is 6.92 Å². The first-order chi connectivity index (χ1) is 11.0. The summed E-state index contributed by atoms with van der Waals surface area (Å²) in [5.74, 6) is -0.0466. The summed E-state index contributed by atoms with van der Waals surface area (Å²) in [6.07, 6.45) is 5.49. The van der Waals surface area contributed by atoms with Crippen LogP contribution in [0.3, 0.4) is 0 Å². The molecule has 1 aromatic carbocycles. The van der Waals surface area contributed by atoms with Gasteiger partial charge < -0.3 is 5.32 Å². The highest BCUT2D eigenvalue weighted by molar-refractivity contribution is 9.10. The van der Waals surface area contributed by atoms with E-state index in [0.717, 1.165) is 10.0 Å². The van der Waals surface area contributed by atoms with E-state index in [0.29, 0.717) is 17.1 Å². The van der Waals surface area contributed by atoms with Crippen molar-refractivity contribution >= 4 is 38.9 Å². The minimum atomic E-state index is -0.578. The summed E-state index contributed by atoms with van der Waals surface area (Å²) >= 11 is 8.84. The fourth-order valence-corrected chi connectivity index (χ4v) is 2.78. The van der Waals surface area contributed by atoms with E-state index < -0.39 is 6.04 Å². The first-order valence-corrected chi connectivity index (χ1v) is 8.39. The summed E-state index contributed by atoms with van der Waals surface area (Å²) in [6, 6.07) is 10.6. The summed E-state index contributed by atoms with van der Waals surface area (Å²) in [7, 11) is 0. The lowest BCUT2D eigenvalue weighted by atomic mass is 10.0. The summed E-state index contributed by atoms with van der Waals surface area (Å²) < 4.78 is 2.78. The van der Waals surface area contributed by atoms with Gasteiger partial charge in [0.15, 0.2) is 17.4 Å². The van der Waals surface area contributed by atoms with Crippen LogP contribution in [0.25, 0.3) is 0 Å². The van der Waals surface area contributed by atoms with Gasteiger partial charge in [0.1, 0.15) is 0 Å². The Balaban J connectivity index is 2.40. The zero-order chi connectivity index (χ0) is 16.8. The number of carbonyl (C=O) groups excluding carboxylic acids is 1. The third kappa shape index (κ3) is 4.56. The van der Waals surface area contributed by atoms with Crippen LogP contribution in [0.1, 0.15) is 22.0 Å². The van der Waals surface area contributed by atoms with E-state index in [9.17, 15) is 4.79 Å². The number of Topliss-reactive ketones (excluding diaryl/α,β-unsaturated/α-hetero) is 1. The molecule has 1 atom stereocenters. The largest absolute Gasteiger partial charge is 0.370 e. The zero-order valence-corrected chi connectivity index (χ0v) is 15.2. The van der Waals surface area contributed by atoms with Crippen molar-refractivity contribution in [2.75, 3.05) is 6.54 Å². The number of aromatic nitrogens is 1. The van der Waals surface area contributed by atoms with E-state index in [-0.39, 0.29) is 5.78 Å². The molecule has 0 aliphatic carbocycles. The minimum absolute atomic E-state index is 0.0466. The molecule has 5 heteroatoms. The van der Waals surface area contributed by atoms with Gasteiger partial charge >= 0.3 is 0 Å². The van der Waals surface area contributed by atoms with Crippen LogP contribution in [-0.2, 0) is 0 Å². The second kappa shape index (κ2) is 8.13. The van der Waals surface area contributed by atoms with Crippen molar-refractivity contribution in [2.24, 2.45) is 0 Å². The average molecular weight is 390 g/mol. The summed E-state index contributed by atoms with van der Waals surface area (Å²) in [6.45, 7) is 6.18. The molecular formula is C18H18BrN2OS+. The van der Waals surface area contributed by atoms with E-state index in [4.69, 9.17) is 12.2 Å². The molecule has 23 heavy (non-hydrogen) atoms. The molecule has 2 rings (SSSR count). The molecule has 1 heterocycles. The van der Waals surface area contributed by atoms with E-state index in [1.165, 1.54) is 0 Å². The number of thiocarbonyl (C=S) groups is 1. The Hall–Kier alpha value is -1.85. The SMILES string of the molecule is C=CCNC(=S)[C@H](C(=O)c1ccc(Br)cc1)[n+]1cccc(C)c1. The third-order valence-electron chi connectivity index (χ3n) is 3.31. The Bertz CT molecular complexity index is 728. The van der Waals surface area contributed by atoms with Gasteiger partial charge in [-0.2, -0.15) is 4.57 Å². The number of nitrogens with one attached hydrogen (secondary N) is 1. The second-order valence-electron chi connectivity index (χ2n) is 5.14. The van der Waals surface area contributed by atoms with Crippen molar-refractivity contribution in [3.05, 3.63) is 77.0 Å². The van der Waals surface area contributed by atoms with Crippen molar-refractivity contribution in [1.29, 1.82) is 0 Å². The second-order valence-corrected chi connectivity index (χ2v) is 6.49. The van der Waals surface area contributed by atoms with Gasteiger partial charge in [-0.1, -0.05) is 46.4 Å². The number of rotatable bonds is 6. The van der Waals surface area contributed by atoms with Crippen LogP contribution in [-0.4, -0.2) is 17.3 Å². The van der Waals surface area contributed by atoms with Gasteiger partial charge in [0, 0.05) is 28.2 Å². The average Bonchev–Trinajstić information content (AvgIpc) is 2.53. The lowest BCUT2D eigenvalue weighted by Crippen LogP contribution is -2.51. The number of ketones is 1. The Morgan fingerprint density at radius 1 is 1.39 bits per heavy atom. The number of carbonyl (C=O) groups is 1. The molecule has 0 spiro atoms. The van der Waals surface area contributed by atoms with Gasteiger partial charge in [-0.3, -0.25) is 4.79 Å². The fraction of sp³-hybridized carbons (Fsp3) is 0.167. The van der Waals surface area contributed by atoms with E-state index >= 15 is 0 Å². The van der Waals surface area contributed by atoms with Crippen molar-refractivity contribution in [3.8, 4) is 0 Å². The summed E-state index contributed by atoms with van der Waals surface area (Å²) in [5.41, 5.74) is 1.68. The maximum Gasteiger partial charge on any atom is 0.270 e. The number of hydrogen-bond donors (Lipinski definition) is 1. The number of benzene rings is 1. The molecule has 0 saturated carbocycles. The molecule has 0 bridgehead atoms. The predicted octanol–water partition coefficient (Wildman–Crippen LogP) is 3.57. The van der Waals surface area contributed by atoms with Crippen LogP contribution in [0.15, 0.2) is 65.9 Å². The summed E-state index contributed by atoms with van der Waals surface area (Å²) in [5, 5.41) is 3.07. The Morgan fingerprint density at radius 2 is 2.09 bits per heavy atom. The molecule has 0 saturated heterocycles. The van der Waals surface area contributed by atoms with E-state index in [2.05, 4.69) is 27.8 Å². The molecule has 118 valence electrons. The third-order valence-corrected chi connectivity index (χ3v) is 4.21. The van der Waals surface area contributed by atoms with Gasteiger partial charge in [0.25, 0.3) is 6.04 Å². The van der Waals surface area contributed by atoms with E-state index in [1.54, 1.807) is 18.2 Å². The van der Waals surface area contributed by atoms with Crippen LogP contribution in [0.5, 0.6) is 0 Å². The minimum Gasteiger partial charge on any atom is -0.370 e. The first kappa shape index (κ1) is 17.5. The predicted molar refractivity (Wildman–Crippen MR) is 99.7 cm³/mol. The Labute approximate surface area is 150 Å². The number of hydrogen-bond acceptors (Lipinski definition) is 2. The normalized spacial score (nSPS) is 11.6. The molecule has 0 aliphatic heterocycles. The number of aryl methyl sites for hydroxylation is 1. The lowest BCUT2D eigenvalue weighted by molar-refractivity contribution is -0.692. The Kier molecular flexibility index (Phi) is 6.19. The van der Waals surface area contributed by atoms with E-state index in [1.807, 2.05) is 48.1 Å². The highest BCUT2D eigenvalue weighted by atomic mass is 79.9. The first-order valence-electron chi connectivity index (χ1n) is 7.18. The highest BCUT2D eigenvalue weighted by Crippen LogP contribution is 2.15. The van der Waals surface area contributed by atoms with Gasteiger partial charge in [-0.15, -0.1) is 6.58 Å². The lowest BCUT2D eigenvalue weighted by Gasteiger charge is -2.14. The van der Waals surface area contributed by atoms with Crippen molar-refractivity contribution in [2.45, 2.75) is 13.0 Å². The quantitative estimate of drug-likeness (QED) is 0.354. The van der Waals surface area contributed by atoms with Crippen molar-refractivity contribution in [3.63, 3.8) is 0 Å². The van der Waals surface area contributed by atoms with Gasteiger partial charge in [0.05, 0.1) is 0 Å². The Morgan fingerprint density at radius 3 is 2.70 bits per heavy atom. The van der Waals surface area contributed by atoms with Crippen molar-refractivity contribution < 1.29 is 9.36 Å². The maximum absolute atomic E-state index is 13.0. The molecule has 0 amide bonds. The molecule has 1 N–H and O–H groups in total. The topological polar surface area (TPSA) is 33.0 Å². The number of nitrogens with zero attached hydrogens (tertiary/aromatic N) is 1. The molecular weight excluding hydrogens is 372 g/mol. The molecule has 0 unspecified atom stereocenters. The van der Waals surface area contributed by atoms with Crippen LogP contribution in [0.2, 0.25) is 0 Å². The smallest absolute Gasteiger partial charge is 0.270 e. The van der Waals surface area contributed by atoms with Crippen LogP contribution < -0.4 is 9.88 Å². The monoisotopic (exact) mass is 389 g/mol.